The highest BCUT2D eigenvalue weighted by molar-refractivity contribution is 5.90. The molecule has 1 heterocycles. The molecule has 0 amide bonds. The van der Waals surface area contributed by atoms with Gasteiger partial charge in [0.05, 0.1) is 18.4 Å². The van der Waals surface area contributed by atoms with Crippen molar-refractivity contribution >= 4 is 22.6 Å². The molecule has 1 aromatic heterocycles. The normalized spacial score (nSPS) is 10.9. The van der Waals surface area contributed by atoms with Gasteiger partial charge in [-0.05, 0) is 65.4 Å². The molecule has 0 aliphatic rings. The molecule has 0 atom stereocenters. The maximum absolute atomic E-state index is 11.4. The molecule has 168 valence electrons. The van der Waals surface area contributed by atoms with Crippen LogP contribution in [0.25, 0.3) is 22.0 Å². The number of aryl methyl sites for hydroxylation is 2. The summed E-state index contributed by atoms with van der Waals surface area (Å²) < 4.78 is 5.67. The van der Waals surface area contributed by atoms with Crippen molar-refractivity contribution in [3.05, 3.63) is 83.2 Å². The van der Waals surface area contributed by atoms with Crippen LogP contribution in [0.1, 0.15) is 34.0 Å². The minimum Gasteiger partial charge on any atom is -0.496 e. The number of nitrogens with one attached hydrogen (secondary N) is 1. The lowest BCUT2D eigenvalue weighted by molar-refractivity contribution is 0.0695. The molecule has 0 aliphatic carbocycles. The molecule has 2 N–H and O–H groups in total. The van der Waals surface area contributed by atoms with E-state index < -0.39 is 5.97 Å². The largest absolute Gasteiger partial charge is 0.496 e. The molecule has 0 radical (unpaired) electrons. The van der Waals surface area contributed by atoms with Crippen LogP contribution in [0.3, 0.4) is 0 Å². The molecule has 33 heavy (non-hydrogen) atoms. The average Bonchev–Trinajstić information content (AvgIpc) is 2.85. The van der Waals surface area contributed by atoms with Crippen molar-refractivity contribution in [1.82, 2.24) is 9.97 Å². The number of aromatic carboxylic acids is 1. The highest BCUT2D eigenvalue weighted by Gasteiger charge is 2.13. The van der Waals surface area contributed by atoms with Crippen LogP contribution in [0.2, 0.25) is 0 Å². The molecule has 4 aromatic rings. The van der Waals surface area contributed by atoms with E-state index in [2.05, 4.69) is 46.5 Å². The summed E-state index contributed by atoms with van der Waals surface area (Å²) in [6.07, 6.45) is 2.95. The number of ether oxygens (including phenoxy) is 1. The zero-order valence-electron chi connectivity index (χ0n) is 19.1. The third-order valence-corrected chi connectivity index (χ3v) is 5.98. The topological polar surface area (TPSA) is 84.3 Å². The Hall–Kier alpha value is -3.93. The van der Waals surface area contributed by atoms with Crippen LogP contribution in [0, 0.1) is 6.92 Å². The van der Waals surface area contributed by atoms with Crippen molar-refractivity contribution < 1.29 is 14.6 Å². The van der Waals surface area contributed by atoms with Gasteiger partial charge in [0, 0.05) is 18.2 Å². The van der Waals surface area contributed by atoms with E-state index in [1.807, 2.05) is 25.1 Å². The quantitative estimate of drug-likeness (QED) is 0.374. The predicted octanol–water partition coefficient (Wildman–Crippen LogP) is 5.53. The van der Waals surface area contributed by atoms with Crippen molar-refractivity contribution in [1.29, 1.82) is 0 Å². The van der Waals surface area contributed by atoms with Gasteiger partial charge in [-0.25, -0.2) is 14.8 Å². The summed E-state index contributed by atoms with van der Waals surface area (Å²) in [7, 11) is 1.71. The number of aromatic nitrogens is 2. The van der Waals surface area contributed by atoms with Gasteiger partial charge < -0.3 is 15.2 Å². The zero-order valence-corrected chi connectivity index (χ0v) is 19.1. The van der Waals surface area contributed by atoms with Crippen LogP contribution >= 0.6 is 0 Å². The lowest BCUT2D eigenvalue weighted by Crippen LogP contribution is -2.09. The fraction of sp³-hybridized carbons (Fsp3) is 0.222. The molecule has 0 fully saturated rings. The number of fused-ring (bicyclic) bond motifs is 1. The lowest BCUT2D eigenvalue weighted by atomic mass is 9.97. The Labute approximate surface area is 193 Å². The van der Waals surface area contributed by atoms with Gasteiger partial charge in [0.1, 0.15) is 17.9 Å². The number of nitrogens with zero attached hydrogens (tertiary/aromatic N) is 2. The minimum absolute atomic E-state index is 0.327. The first-order valence-electron chi connectivity index (χ1n) is 11.0. The molecule has 6 nitrogen and oxygen atoms in total. The molecule has 0 aliphatic heterocycles. The number of carbonyl (C=O) groups is 1. The van der Waals surface area contributed by atoms with E-state index in [1.54, 1.807) is 19.2 Å². The smallest absolute Gasteiger partial charge is 0.335 e. The van der Waals surface area contributed by atoms with Gasteiger partial charge in [-0.2, -0.15) is 0 Å². The third-order valence-electron chi connectivity index (χ3n) is 5.98. The third kappa shape index (κ3) is 4.65. The number of rotatable bonds is 8. The molecular formula is C27H27N3O3. The summed E-state index contributed by atoms with van der Waals surface area (Å²) in [6.45, 7) is 4.76. The van der Waals surface area contributed by atoms with Gasteiger partial charge >= 0.3 is 5.97 Å². The van der Waals surface area contributed by atoms with Crippen LogP contribution in [-0.2, 0) is 12.8 Å². The molecule has 3 aromatic carbocycles. The molecule has 6 heteroatoms. The van der Waals surface area contributed by atoms with E-state index in [0.29, 0.717) is 18.5 Å². The number of hydrogen-bond acceptors (Lipinski definition) is 5. The Morgan fingerprint density at radius 1 is 1.09 bits per heavy atom. The van der Waals surface area contributed by atoms with E-state index in [-0.39, 0.29) is 0 Å². The fourth-order valence-corrected chi connectivity index (χ4v) is 4.21. The highest BCUT2D eigenvalue weighted by Crippen LogP contribution is 2.31. The Morgan fingerprint density at radius 3 is 2.67 bits per heavy atom. The van der Waals surface area contributed by atoms with Gasteiger partial charge in [-0.15, -0.1) is 0 Å². The van der Waals surface area contributed by atoms with Crippen LogP contribution in [-0.4, -0.2) is 34.7 Å². The molecule has 0 bridgehead atoms. The summed E-state index contributed by atoms with van der Waals surface area (Å²) in [5, 5.41) is 15.2. The van der Waals surface area contributed by atoms with Gasteiger partial charge in [0.25, 0.3) is 0 Å². The summed E-state index contributed by atoms with van der Waals surface area (Å²) in [6, 6.07) is 17.6. The molecule has 0 unspecified atom stereocenters. The fourth-order valence-electron chi connectivity index (χ4n) is 4.21. The van der Waals surface area contributed by atoms with Gasteiger partial charge in [-0.3, -0.25) is 0 Å². The maximum Gasteiger partial charge on any atom is 0.335 e. The van der Waals surface area contributed by atoms with Crippen LogP contribution in [0.5, 0.6) is 5.75 Å². The van der Waals surface area contributed by atoms with E-state index in [9.17, 15) is 9.90 Å². The summed E-state index contributed by atoms with van der Waals surface area (Å²) in [5.41, 5.74) is 5.13. The van der Waals surface area contributed by atoms with Crippen molar-refractivity contribution in [2.45, 2.75) is 26.7 Å². The van der Waals surface area contributed by atoms with E-state index in [4.69, 9.17) is 4.74 Å². The summed E-state index contributed by atoms with van der Waals surface area (Å²) in [5.74, 6) is 0.697. The molecule has 4 rings (SSSR count). The first-order chi connectivity index (χ1) is 16.0. The minimum atomic E-state index is -0.914. The summed E-state index contributed by atoms with van der Waals surface area (Å²) in [4.78, 5) is 20.1. The number of carboxylic acid groups (broad SMARTS) is 1. The Balaban J connectivity index is 1.53. The first-order valence-corrected chi connectivity index (χ1v) is 11.0. The van der Waals surface area contributed by atoms with Gasteiger partial charge in [0.2, 0.25) is 0 Å². The van der Waals surface area contributed by atoms with Crippen LogP contribution in [0.15, 0.2) is 60.9 Å². The maximum atomic E-state index is 11.4. The van der Waals surface area contributed by atoms with E-state index >= 15 is 0 Å². The molecule has 0 saturated carbocycles. The number of hydrogen-bond donors (Lipinski definition) is 2. The van der Waals surface area contributed by atoms with Crippen molar-refractivity contribution in [2.24, 2.45) is 0 Å². The van der Waals surface area contributed by atoms with E-state index in [1.165, 1.54) is 28.2 Å². The van der Waals surface area contributed by atoms with Gasteiger partial charge in [0.15, 0.2) is 0 Å². The second-order valence-electron chi connectivity index (χ2n) is 7.90. The monoisotopic (exact) mass is 441 g/mol. The highest BCUT2D eigenvalue weighted by atomic mass is 16.5. The van der Waals surface area contributed by atoms with Crippen molar-refractivity contribution in [3.63, 3.8) is 0 Å². The Kier molecular flexibility index (Phi) is 6.54. The predicted molar refractivity (Wildman–Crippen MR) is 131 cm³/mol. The van der Waals surface area contributed by atoms with Crippen molar-refractivity contribution in [2.75, 3.05) is 19.0 Å². The Bertz CT molecular complexity index is 1320. The van der Waals surface area contributed by atoms with E-state index in [0.717, 1.165) is 34.8 Å². The van der Waals surface area contributed by atoms with Gasteiger partial charge in [-0.1, -0.05) is 37.3 Å². The number of anilines is 1. The molecular weight excluding hydrogens is 414 g/mol. The number of benzene rings is 3. The first kappa shape index (κ1) is 22.3. The van der Waals surface area contributed by atoms with Crippen molar-refractivity contribution in [3.8, 4) is 17.0 Å². The lowest BCUT2D eigenvalue weighted by Gasteiger charge is -2.15. The SMILES string of the molecule is CCc1cc(-c2cc(NCCc3c(OC)cc4ccccc4c3C)ncn2)ccc1C(=O)O. The van der Waals surface area contributed by atoms with Crippen LogP contribution < -0.4 is 10.1 Å². The number of carboxylic acids is 1. The Morgan fingerprint density at radius 2 is 1.91 bits per heavy atom. The average molecular weight is 442 g/mol. The second kappa shape index (κ2) is 9.69. The van der Waals surface area contributed by atoms with Crippen LogP contribution in [0.4, 0.5) is 5.82 Å². The molecule has 0 saturated heterocycles. The number of methoxy groups -OCH3 is 1. The molecule has 0 spiro atoms. The second-order valence-corrected chi connectivity index (χ2v) is 7.90. The zero-order chi connectivity index (χ0) is 23.4. The standard InChI is InChI=1S/C27H27N3O3/c1-4-18-13-20(9-10-23(18)27(31)32)24-15-26(30-16-29-24)28-12-11-22-17(2)21-8-6-5-7-19(21)14-25(22)33-3/h5-10,13-16H,4,11-12H2,1-3H3,(H,31,32)(H,28,29,30). The summed E-state index contributed by atoms with van der Waals surface area (Å²) >= 11 is 0.